The van der Waals surface area contributed by atoms with E-state index < -0.39 is 59.7 Å². The maximum Gasteiger partial charge on any atom is 0.415 e. The van der Waals surface area contributed by atoms with Gasteiger partial charge in [-0.25, -0.2) is 19.1 Å². The molecule has 3 rings (SSSR count). The SMILES string of the molecule is CCN1C(=O)[C@@H]2[C@@H](C(F)(F)F)OC[C@]2(c2cc(N)ccc2F)N=C1N(C(=O)O)C(C)(C)C. The van der Waals surface area contributed by atoms with E-state index in [-0.39, 0.29) is 17.8 Å². The fraction of sp³-hybridized carbons (Fsp3) is 0.550. The number of nitrogens with zero attached hydrogens (tertiary/aromatic N) is 3. The van der Waals surface area contributed by atoms with E-state index in [4.69, 9.17) is 10.5 Å². The zero-order chi connectivity index (χ0) is 24.2. The van der Waals surface area contributed by atoms with Crippen LogP contribution in [0.2, 0.25) is 0 Å². The molecule has 176 valence electrons. The minimum atomic E-state index is -4.94. The van der Waals surface area contributed by atoms with Gasteiger partial charge in [-0.15, -0.1) is 0 Å². The average Bonchev–Trinajstić information content (AvgIpc) is 3.03. The summed E-state index contributed by atoms with van der Waals surface area (Å²) in [4.78, 5) is 31.5. The molecular formula is C20H24F4N4O4. The van der Waals surface area contributed by atoms with Crippen LogP contribution in [0.15, 0.2) is 23.2 Å². The molecule has 0 saturated carbocycles. The lowest BCUT2D eigenvalue weighted by atomic mass is 9.75. The lowest BCUT2D eigenvalue weighted by molar-refractivity contribution is -0.218. The molecule has 0 spiro atoms. The quantitative estimate of drug-likeness (QED) is 0.521. The number of anilines is 1. The van der Waals surface area contributed by atoms with Crippen molar-refractivity contribution in [2.75, 3.05) is 18.9 Å². The Hall–Kier alpha value is -2.89. The van der Waals surface area contributed by atoms with Gasteiger partial charge in [0.05, 0.1) is 6.61 Å². The zero-order valence-corrected chi connectivity index (χ0v) is 17.9. The first kappa shape index (κ1) is 23.8. The number of aliphatic imine (C=N–C) groups is 1. The van der Waals surface area contributed by atoms with E-state index in [0.29, 0.717) is 0 Å². The van der Waals surface area contributed by atoms with E-state index in [1.54, 1.807) is 0 Å². The molecule has 1 fully saturated rings. The average molecular weight is 460 g/mol. The third kappa shape index (κ3) is 3.65. The molecule has 2 amide bonds. The van der Waals surface area contributed by atoms with E-state index in [1.165, 1.54) is 33.8 Å². The van der Waals surface area contributed by atoms with Gasteiger partial charge in [-0.05, 0) is 45.9 Å². The summed E-state index contributed by atoms with van der Waals surface area (Å²) in [5.41, 5.74) is 2.15. The summed E-state index contributed by atoms with van der Waals surface area (Å²) >= 11 is 0. The number of nitrogens with two attached hydrogens (primary N) is 1. The van der Waals surface area contributed by atoms with Crippen LogP contribution in [0.4, 0.5) is 28.0 Å². The summed E-state index contributed by atoms with van der Waals surface area (Å²) in [6.45, 7) is 5.13. The number of carbonyl (C=O) groups excluding carboxylic acids is 1. The molecule has 3 atom stereocenters. The fourth-order valence-electron chi connectivity index (χ4n) is 4.20. The first-order chi connectivity index (χ1) is 14.6. The van der Waals surface area contributed by atoms with Crippen LogP contribution in [-0.2, 0) is 15.1 Å². The Labute approximate surface area is 181 Å². The van der Waals surface area contributed by atoms with Gasteiger partial charge >= 0.3 is 12.3 Å². The van der Waals surface area contributed by atoms with Crippen LogP contribution in [0.1, 0.15) is 33.3 Å². The zero-order valence-electron chi connectivity index (χ0n) is 17.9. The van der Waals surface area contributed by atoms with Crippen LogP contribution in [0.25, 0.3) is 0 Å². The number of amides is 2. The van der Waals surface area contributed by atoms with Gasteiger partial charge in [-0.2, -0.15) is 13.2 Å². The number of nitrogen functional groups attached to an aromatic ring is 1. The lowest BCUT2D eigenvalue weighted by Gasteiger charge is -2.45. The van der Waals surface area contributed by atoms with Gasteiger partial charge < -0.3 is 15.6 Å². The van der Waals surface area contributed by atoms with Crippen LogP contribution < -0.4 is 5.73 Å². The predicted octanol–water partition coefficient (Wildman–Crippen LogP) is 3.18. The van der Waals surface area contributed by atoms with Crippen LogP contribution in [0.3, 0.4) is 0 Å². The van der Waals surface area contributed by atoms with Crippen molar-refractivity contribution in [1.82, 2.24) is 9.80 Å². The topological polar surface area (TPSA) is 108 Å². The third-order valence-electron chi connectivity index (χ3n) is 5.53. The Balaban J connectivity index is 2.38. The minimum Gasteiger partial charge on any atom is -0.465 e. The van der Waals surface area contributed by atoms with Gasteiger partial charge in [-0.3, -0.25) is 9.69 Å². The highest BCUT2D eigenvalue weighted by molar-refractivity contribution is 6.06. The van der Waals surface area contributed by atoms with E-state index >= 15 is 0 Å². The Morgan fingerprint density at radius 3 is 2.50 bits per heavy atom. The van der Waals surface area contributed by atoms with Crippen LogP contribution >= 0.6 is 0 Å². The van der Waals surface area contributed by atoms with E-state index in [2.05, 4.69) is 4.99 Å². The first-order valence-electron chi connectivity index (χ1n) is 9.83. The number of halogens is 4. The van der Waals surface area contributed by atoms with Gasteiger partial charge in [0.15, 0.2) is 6.10 Å². The summed E-state index contributed by atoms with van der Waals surface area (Å²) in [6.07, 6.45) is -8.97. The van der Waals surface area contributed by atoms with Gasteiger partial charge in [0, 0.05) is 23.3 Å². The fourth-order valence-corrected chi connectivity index (χ4v) is 4.20. The standard InChI is InChI=1S/C20H24F4N4O4/c1-5-27-15(29)13-14(20(22,23)24)32-9-19(13,11-8-10(25)6-7-12(11)21)26-16(27)28(17(30)31)18(2,3)4/h6-8,13-14H,5,9,25H2,1-4H3,(H,30,31)/t13-,14-,19+/m0/s1. The van der Waals surface area contributed by atoms with Crippen molar-refractivity contribution < 1.29 is 37.0 Å². The van der Waals surface area contributed by atoms with Crippen LogP contribution in [-0.4, -0.2) is 63.8 Å². The molecule has 0 radical (unpaired) electrons. The molecule has 32 heavy (non-hydrogen) atoms. The van der Waals surface area contributed by atoms with Crippen molar-refractivity contribution in [2.45, 2.75) is 51.1 Å². The van der Waals surface area contributed by atoms with Crippen molar-refractivity contribution in [3.8, 4) is 0 Å². The summed E-state index contributed by atoms with van der Waals surface area (Å²) in [7, 11) is 0. The number of ether oxygens (including phenoxy) is 1. The van der Waals surface area contributed by atoms with E-state index in [1.807, 2.05) is 0 Å². The van der Waals surface area contributed by atoms with Crippen LogP contribution in [0.5, 0.6) is 0 Å². The molecule has 8 nitrogen and oxygen atoms in total. The van der Waals surface area contributed by atoms with Crippen molar-refractivity contribution in [3.05, 3.63) is 29.6 Å². The Morgan fingerprint density at radius 1 is 1.38 bits per heavy atom. The van der Waals surface area contributed by atoms with Crippen molar-refractivity contribution >= 4 is 23.6 Å². The molecule has 2 aliphatic heterocycles. The molecule has 2 aliphatic rings. The highest BCUT2D eigenvalue weighted by Gasteiger charge is 2.67. The normalized spacial score (nSPS) is 26.1. The number of carbonyl (C=O) groups is 2. The Morgan fingerprint density at radius 2 is 2.00 bits per heavy atom. The molecular weight excluding hydrogens is 436 g/mol. The molecule has 3 N–H and O–H groups in total. The first-order valence-corrected chi connectivity index (χ1v) is 9.83. The van der Waals surface area contributed by atoms with Gasteiger partial charge in [0.1, 0.15) is 17.3 Å². The number of alkyl halides is 3. The van der Waals surface area contributed by atoms with Crippen molar-refractivity contribution in [1.29, 1.82) is 0 Å². The van der Waals surface area contributed by atoms with Crippen LogP contribution in [0, 0.1) is 11.7 Å². The maximum absolute atomic E-state index is 14.9. The highest BCUT2D eigenvalue weighted by atomic mass is 19.4. The second-order valence-corrected chi connectivity index (χ2v) is 8.70. The summed E-state index contributed by atoms with van der Waals surface area (Å²) < 4.78 is 61.3. The smallest absolute Gasteiger partial charge is 0.415 e. The number of guanidine groups is 1. The van der Waals surface area contributed by atoms with Gasteiger partial charge in [-0.1, -0.05) is 0 Å². The molecule has 1 saturated heterocycles. The molecule has 0 aromatic heterocycles. The Kier molecular flexibility index (Phi) is 5.65. The van der Waals surface area contributed by atoms with E-state index in [0.717, 1.165) is 21.9 Å². The number of rotatable bonds is 2. The number of fused-ring (bicyclic) bond motifs is 1. The van der Waals surface area contributed by atoms with Gasteiger partial charge in [0.2, 0.25) is 11.9 Å². The number of benzene rings is 1. The second-order valence-electron chi connectivity index (χ2n) is 8.70. The summed E-state index contributed by atoms with van der Waals surface area (Å²) in [6, 6.07) is 3.28. The van der Waals surface area contributed by atoms with Gasteiger partial charge in [0.25, 0.3) is 0 Å². The number of hydrogen-bond acceptors (Lipinski definition) is 5. The molecule has 0 bridgehead atoms. The second kappa shape index (κ2) is 7.61. The monoisotopic (exact) mass is 460 g/mol. The Bertz CT molecular complexity index is 975. The molecule has 2 heterocycles. The predicted molar refractivity (Wildman–Crippen MR) is 106 cm³/mol. The van der Waals surface area contributed by atoms with E-state index in [9.17, 15) is 32.3 Å². The molecule has 0 unspecified atom stereocenters. The molecule has 12 heteroatoms. The lowest BCUT2D eigenvalue weighted by Crippen LogP contribution is -2.64. The molecule has 0 aliphatic carbocycles. The summed E-state index contributed by atoms with van der Waals surface area (Å²) in [5, 5.41) is 9.84. The van der Waals surface area contributed by atoms with Crippen molar-refractivity contribution in [3.63, 3.8) is 0 Å². The third-order valence-corrected chi connectivity index (χ3v) is 5.53. The van der Waals surface area contributed by atoms with Crippen molar-refractivity contribution in [2.24, 2.45) is 10.9 Å². The largest absolute Gasteiger partial charge is 0.465 e. The number of hydrogen-bond donors (Lipinski definition) is 2. The summed E-state index contributed by atoms with van der Waals surface area (Å²) in [5.74, 6) is -4.36. The highest BCUT2D eigenvalue weighted by Crippen LogP contribution is 2.51. The maximum atomic E-state index is 14.9. The number of carboxylic acid groups (broad SMARTS) is 1. The molecule has 1 aromatic rings. The minimum absolute atomic E-state index is 0.0398. The molecule has 1 aromatic carbocycles.